The molecule has 11 heavy (non-hydrogen) atoms. The third kappa shape index (κ3) is 3.31. The van der Waals surface area contributed by atoms with Gasteiger partial charge < -0.3 is 0 Å². The predicted octanol–water partition coefficient (Wildman–Crippen LogP) is 1.95. The van der Waals surface area contributed by atoms with E-state index in [-0.39, 0.29) is 47.4 Å². The van der Waals surface area contributed by atoms with Gasteiger partial charge in [-0.25, -0.2) is 0 Å². The summed E-state index contributed by atoms with van der Waals surface area (Å²) in [7, 11) is 0. The Bertz CT molecular complexity index is 167. The lowest BCUT2D eigenvalue weighted by Gasteiger charge is -2.26. The molecule has 0 aromatic rings. The third-order valence-corrected chi connectivity index (χ3v) is 1.75. The lowest BCUT2D eigenvalue weighted by atomic mass is 9.76. The zero-order valence-electron chi connectivity index (χ0n) is 6.85. The van der Waals surface area contributed by atoms with Crippen LogP contribution in [0.2, 0.25) is 0 Å². The van der Waals surface area contributed by atoms with Gasteiger partial charge in [-0.2, -0.15) is 0 Å². The third-order valence-electron chi connectivity index (χ3n) is 1.75. The summed E-state index contributed by atoms with van der Waals surface area (Å²) in [5, 5.41) is 0. The first-order valence-corrected chi connectivity index (χ1v) is 3.53. The van der Waals surface area contributed by atoms with Gasteiger partial charge in [0.05, 0.1) is 6.42 Å². The van der Waals surface area contributed by atoms with E-state index in [1.54, 1.807) is 0 Å². The highest BCUT2D eigenvalue weighted by molar-refractivity contribution is 14.0. The average molecular weight is 268 g/mol. The van der Waals surface area contributed by atoms with E-state index in [4.69, 9.17) is 0 Å². The van der Waals surface area contributed by atoms with Crippen LogP contribution in [-0.2, 0) is 9.59 Å². The minimum Gasteiger partial charge on any atom is -0.299 e. The number of rotatable bonds is 0. The van der Waals surface area contributed by atoms with E-state index in [1.165, 1.54) is 0 Å². The van der Waals surface area contributed by atoms with Gasteiger partial charge in [0.25, 0.3) is 0 Å². The molecule has 2 nitrogen and oxygen atoms in total. The minimum atomic E-state index is -0.0770. The van der Waals surface area contributed by atoms with Crippen molar-refractivity contribution in [2.45, 2.75) is 33.1 Å². The summed E-state index contributed by atoms with van der Waals surface area (Å²) in [5.74, 6) is 0.197. The molecule has 0 saturated heterocycles. The predicted molar refractivity (Wildman–Crippen MR) is 53.1 cm³/mol. The first kappa shape index (κ1) is 11.1. The molecule has 0 heterocycles. The number of hydrogen-bond donors (Lipinski definition) is 0. The highest BCUT2D eigenvalue weighted by atomic mass is 127. The second-order valence-electron chi connectivity index (χ2n) is 3.77. The Kier molecular flexibility index (Phi) is 3.67. The zero-order chi connectivity index (χ0) is 7.78. The van der Waals surface area contributed by atoms with Crippen LogP contribution in [0.1, 0.15) is 33.1 Å². The highest BCUT2D eigenvalue weighted by Gasteiger charge is 2.31. The van der Waals surface area contributed by atoms with Crippen LogP contribution in [-0.4, -0.2) is 11.6 Å². The Balaban J connectivity index is 0.000001000. The van der Waals surface area contributed by atoms with Crippen molar-refractivity contribution < 1.29 is 9.59 Å². The summed E-state index contributed by atoms with van der Waals surface area (Å²) < 4.78 is 0. The van der Waals surface area contributed by atoms with Crippen molar-refractivity contribution in [2.24, 2.45) is 5.41 Å². The quantitative estimate of drug-likeness (QED) is 0.497. The van der Waals surface area contributed by atoms with Crippen LogP contribution in [0.25, 0.3) is 0 Å². The van der Waals surface area contributed by atoms with E-state index in [1.807, 2.05) is 13.8 Å². The molecule has 1 fully saturated rings. The van der Waals surface area contributed by atoms with Gasteiger partial charge in [0, 0.05) is 12.8 Å². The molecular formula is C8H13IO2. The van der Waals surface area contributed by atoms with Gasteiger partial charge >= 0.3 is 0 Å². The van der Waals surface area contributed by atoms with Crippen molar-refractivity contribution in [1.29, 1.82) is 0 Å². The van der Waals surface area contributed by atoms with Crippen LogP contribution in [0.5, 0.6) is 0 Å². The monoisotopic (exact) mass is 268 g/mol. The fraction of sp³-hybridized carbons (Fsp3) is 0.750. The van der Waals surface area contributed by atoms with E-state index in [9.17, 15) is 9.59 Å². The molecule has 1 aliphatic carbocycles. The summed E-state index contributed by atoms with van der Waals surface area (Å²) in [4.78, 5) is 21.7. The van der Waals surface area contributed by atoms with Crippen molar-refractivity contribution in [3.05, 3.63) is 0 Å². The van der Waals surface area contributed by atoms with Crippen molar-refractivity contribution in [1.82, 2.24) is 0 Å². The summed E-state index contributed by atoms with van der Waals surface area (Å²) in [6.07, 6.45) is 1.31. The highest BCUT2D eigenvalue weighted by Crippen LogP contribution is 2.30. The molecule has 0 N–H and O–H groups in total. The number of Topliss-reactive ketones (excluding diaryl/α,β-unsaturated/α-hetero) is 2. The first-order valence-electron chi connectivity index (χ1n) is 3.53. The number of ketones is 2. The van der Waals surface area contributed by atoms with E-state index >= 15 is 0 Å². The summed E-state index contributed by atoms with van der Waals surface area (Å²) >= 11 is 0. The Hall–Kier alpha value is 0.0700. The maximum absolute atomic E-state index is 10.9. The van der Waals surface area contributed by atoms with Crippen LogP contribution in [0.3, 0.4) is 0 Å². The molecule has 0 aromatic carbocycles. The Labute approximate surface area is 83.8 Å². The largest absolute Gasteiger partial charge is 0.299 e. The molecule has 0 radical (unpaired) electrons. The van der Waals surface area contributed by atoms with E-state index in [2.05, 4.69) is 0 Å². The molecule has 0 unspecified atom stereocenters. The van der Waals surface area contributed by atoms with Gasteiger partial charge in [0.15, 0.2) is 0 Å². The molecule has 1 aliphatic rings. The average Bonchev–Trinajstić information content (AvgIpc) is 1.54. The van der Waals surface area contributed by atoms with Gasteiger partial charge in [-0.15, -0.1) is 24.0 Å². The number of halogens is 1. The molecule has 64 valence electrons. The molecule has 1 saturated carbocycles. The number of carbonyl (C=O) groups is 2. The SMILES string of the molecule is CC1(C)CC(=O)CC(=O)C1.I. The van der Waals surface area contributed by atoms with Crippen LogP contribution in [0.15, 0.2) is 0 Å². The van der Waals surface area contributed by atoms with E-state index in [0.717, 1.165) is 0 Å². The van der Waals surface area contributed by atoms with Gasteiger partial charge in [-0.3, -0.25) is 9.59 Å². The van der Waals surface area contributed by atoms with E-state index in [0.29, 0.717) is 12.8 Å². The molecule has 1 rings (SSSR count). The first-order chi connectivity index (χ1) is 4.49. The second kappa shape index (κ2) is 3.65. The summed E-state index contributed by atoms with van der Waals surface area (Å²) in [6.45, 7) is 3.92. The summed E-state index contributed by atoms with van der Waals surface area (Å²) in [5.41, 5.74) is -0.0770. The Morgan fingerprint density at radius 2 is 1.45 bits per heavy atom. The molecule has 0 aliphatic heterocycles. The van der Waals surface area contributed by atoms with E-state index < -0.39 is 0 Å². The summed E-state index contributed by atoms with van der Waals surface area (Å²) in [6, 6.07) is 0. The van der Waals surface area contributed by atoms with Gasteiger partial charge in [-0.05, 0) is 5.41 Å². The molecule has 0 atom stereocenters. The lowest BCUT2D eigenvalue weighted by molar-refractivity contribution is -0.133. The standard InChI is InChI=1S/C8H12O2.HI/c1-8(2)4-6(9)3-7(10)5-8;/h3-5H2,1-2H3;1H. The van der Waals surface area contributed by atoms with Crippen molar-refractivity contribution >= 4 is 35.5 Å². The molecule has 0 aromatic heterocycles. The topological polar surface area (TPSA) is 34.1 Å². The Morgan fingerprint density at radius 3 is 1.73 bits per heavy atom. The number of hydrogen-bond acceptors (Lipinski definition) is 2. The van der Waals surface area contributed by atoms with Crippen molar-refractivity contribution in [2.75, 3.05) is 0 Å². The maximum atomic E-state index is 10.9. The molecule has 0 spiro atoms. The van der Waals surface area contributed by atoms with Crippen LogP contribution < -0.4 is 0 Å². The molecule has 3 heteroatoms. The number of carbonyl (C=O) groups excluding carboxylic acids is 2. The van der Waals surface area contributed by atoms with Crippen LogP contribution >= 0.6 is 24.0 Å². The fourth-order valence-electron chi connectivity index (χ4n) is 1.47. The maximum Gasteiger partial charge on any atom is 0.140 e. The fourth-order valence-corrected chi connectivity index (χ4v) is 1.47. The van der Waals surface area contributed by atoms with Crippen molar-refractivity contribution in [3.8, 4) is 0 Å². The van der Waals surface area contributed by atoms with Gasteiger partial charge in [-0.1, -0.05) is 13.8 Å². The smallest absolute Gasteiger partial charge is 0.140 e. The molecule has 0 amide bonds. The second-order valence-corrected chi connectivity index (χ2v) is 3.77. The minimum absolute atomic E-state index is 0. The van der Waals surface area contributed by atoms with Gasteiger partial charge in [0.2, 0.25) is 0 Å². The van der Waals surface area contributed by atoms with Crippen LogP contribution in [0, 0.1) is 5.41 Å². The van der Waals surface area contributed by atoms with Crippen LogP contribution in [0.4, 0.5) is 0 Å². The normalized spacial score (nSPS) is 22.7. The zero-order valence-corrected chi connectivity index (χ0v) is 9.18. The Morgan fingerprint density at radius 1 is 1.09 bits per heavy atom. The van der Waals surface area contributed by atoms with Crippen molar-refractivity contribution in [3.63, 3.8) is 0 Å². The lowest BCUT2D eigenvalue weighted by Crippen LogP contribution is -2.28. The molecule has 0 bridgehead atoms. The van der Waals surface area contributed by atoms with Gasteiger partial charge in [0.1, 0.15) is 11.6 Å². The molecular weight excluding hydrogens is 255 g/mol.